The van der Waals surface area contributed by atoms with Gasteiger partial charge in [0, 0.05) is 18.0 Å². The van der Waals surface area contributed by atoms with Gasteiger partial charge in [0.1, 0.15) is 5.01 Å². The number of nitrogens with one attached hydrogen (secondary N) is 1. The molecule has 0 bridgehead atoms. The summed E-state index contributed by atoms with van der Waals surface area (Å²) in [6.07, 6.45) is 4.59. The number of amides is 3. The molecule has 0 unspecified atom stereocenters. The van der Waals surface area contributed by atoms with Crippen LogP contribution in [0.3, 0.4) is 0 Å². The molecule has 0 saturated heterocycles. The molecule has 7 nitrogen and oxygen atoms in total. The van der Waals surface area contributed by atoms with Gasteiger partial charge in [-0.05, 0) is 37.0 Å². The number of rotatable bonds is 5. The molecule has 146 valence electrons. The number of anilines is 1. The van der Waals surface area contributed by atoms with Crippen molar-refractivity contribution in [3.05, 3.63) is 39.9 Å². The van der Waals surface area contributed by atoms with E-state index in [1.807, 2.05) is 0 Å². The SMILES string of the molecule is CC(C)Cc1nnc(NC(=O)c2ccc3c(c2)C(=O)N(C2CCCC2)C3=O)s1. The maximum atomic E-state index is 12.8. The molecule has 1 fully saturated rings. The van der Waals surface area contributed by atoms with E-state index in [2.05, 4.69) is 29.4 Å². The standard InChI is InChI=1S/C20H22N4O3S/c1-11(2)9-16-22-23-20(28-16)21-17(25)12-7-8-14-15(10-12)19(27)24(18(14)26)13-5-3-4-6-13/h7-8,10-11,13H,3-6,9H2,1-2H3,(H,21,23,25). The second-order valence-electron chi connectivity index (χ2n) is 7.73. The lowest BCUT2D eigenvalue weighted by molar-refractivity contribution is 0.0587. The second-order valence-corrected chi connectivity index (χ2v) is 8.79. The lowest BCUT2D eigenvalue weighted by Gasteiger charge is -2.21. The van der Waals surface area contributed by atoms with Crippen LogP contribution in [-0.2, 0) is 6.42 Å². The minimum atomic E-state index is -0.366. The fourth-order valence-corrected chi connectivity index (χ4v) is 4.75. The predicted octanol–water partition coefficient (Wildman–Crippen LogP) is 3.53. The van der Waals surface area contributed by atoms with Crippen LogP contribution in [0.2, 0.25) is 0 Å². The number of carbonyl (C=O) groups is 3. The summed E-state index contributed by atoms with van der Waals surface area (Å²) in [6, 6.07) is 4.64. The Morgan fingerprint density at radius 1 is 1.18 bits per heavy atom. The van der Waals surface area contributed by atoms with Crippen LogP contribution in [-0.4, -0.2) is 38.9 Å². The largest absolute Gasteiger partial charge is 0.296 e. The van der Waals surface area contributed by atoms with Crippen LogP contribution in [0.25, 0.3) is 0 Å². The third-order valence-electron chi connectivity index (χ3n) is 5.14. The van der Waals surface area contributed by atoms with Crippen LogP contribution in [0.5, 0.6) is 0 Å². The van der Waals surface area contributed by atoms with Crippen molar-refractivity contribution < 1.29 is 14.4 Å². The summed E-state index contributed by atoms with van der Waals surface area (Å²) in [4.78, 5) is 39.4. The maximum absolute atomic E-state index is 12.8. The smallest absolute Gasteiger partial charge is 0.261 e. The molecule has 1 aromatic carbocycles. The Morgan fingerprint density at radius 2 is 1.89 bits per heavy atom. The molecule has 28 heavy (non-hydrogen) atoms. The van der Waals surface area contributed by atoms with E-state index in [-0.39, 0.29) is 23.8 Å². The Balaban J connectivity index is 1.52. The van der Waals surface area contributed by atoms with Gasteiger partial charge in [-0.3, -0.25) is 24.6 Å². The summed E-state index contributed by atoms with van der Waals surface area (Å²) in [5.74, 6) is -0.452. The van der Waals surface area contributed by atoms with E-state index in [1.165, 1.54) is 22.3 Å². The van der Waals surface area contributed by atoms with Gasteiger partial charge in [0.25, 0.3) is 17.7 Å². The van der Waals surface area contributed by atoms with Gasteiger partial charge in [-0.15, -0.1) is 10.2 Å². The quantitative estimate of drug-likeness (QED) is 0.778. The molecule has 1 aromatic heterocycles. The van der Waals surface area contributed by atoms with Gasteiger partial charge >= 0.3 is 0 Å². The maximum Gasteiger partial charge on any atom is 0.261 e. The van der Waals surface area contributed by atoms with Gasteiger partial charge < -0.3 is 0 Å². The zero-order chi connectivity index (χ0) is 19.8. The first-order valence-corrected chi connectivity index (χ1v) is 10.4. The molecule has 3 amide bonds. The molecule has 2 heterocycles. The van der Waals surface area contributed by atoms with E-state index < -0.39 is 0 Å². The summed E-state index contributed by atoms with van der Waals surface area (Å²) in [5, 5.41) is 12.1. The number of carbonyl (C=O) groups excluding carboxylic acids is 3. The number of imide groups is 1. The van der Waals surface area contributed by atoms with Crippen LogP contribution < -0.4 is 5.32 Å². The lowest BCUT2D eigenvalue weighted by Crippen LogP contribution is -2.38. The summed E-state index contributed by atoms with van der Waals surface area (Å²) in [5.41, 5.74) is 1.01. The van der Waals surface area contributed by atoms with E-state index in [0.29, 0.717) is 27.7 Å². The number of hydrogen-bond donors (Lipinski definition) is 1. The van der Waals surface area contributed by atoms with Crippen LogP contribution in [0, 0.1) is 5.92 Å². The van der Waals surface area contributed by atoms with Gasteiger partial charge in [0.2, 0.25) is 5.13 Å². The third kappa shape index (κ3) is 3.44. The molecule has 0 radical (unpaired) electrons. The molecule has 2 aromatic rings. The number of nitrogens with zero attached hydrogens (tertiary/aromatic N) is 3. The highest BCUT2D eigenvalue weighted by Gasteiger charge is 2.41. The minimum Gasteiger partial charge on any atom is -0.296 e. The molecule has 0 spiro atoms. The fraction of sp³-hybridized carbons (Fsp3) is 0.450. The highest BCUT2D eigenvalue weighted by molar-refractivity contribution is 7.15. The third-order valence-corrected chi connectivity index (χ3v) is 6.00. The molecule has 8 heteroatoms. The predicted molar refractivity (Wildman–Crippen MR) is 106 cm³/mol. The van der Waals surface area contributed by atoms with Crippen molar-refractivity contribution in [2.75, 3.05) is 5.32 Å². The summed E-state index contributed by atoms with van der Waals surface area (Å²) >= 11 is 1.34. The highest BCUT2D eigenvalue weighted by Crippen LogP contribution is 2.32. The van der Waals surface area contributed by atoms with E-state index in [0.717, 1.165) is 37.1 Å². The van der Waals surface area contributed by atoms with E-state index in [1.54, 1.807) is 12.1 Å². The van der Waals surface area contributed by atoms with Crippen molar-refractivity contribution in [1.29, 1.82) is 0 Å². The van der Waals surface area contributed by atoms with E-state index in [4.69, 9.17) is 0 Å². The highest BCUT2D eigenvalue weighted by atomic mass is 32.1. The number of hydrogen-bond acceptors (Lipinski definition) is 6. The van der Waals surface area contributed by atoms with Gasteiger partial charge in [-0.2, -0.15) is 0 Å². The molecule has 1 aliphatic heterocycles. The Bertz CT molecular complexity index is 947. The van der Waals surface area contributed by atoms with Crippen LogP contribution in [0.1, 0.15) is 75.6 Å². The lowest BCUT2D eigenvalue weighted by atomic mass is 10.1. The average molecular weight is 398 g/mol. The average Bonchev–Trinajstić information content (AvgIpc) is 3.37. The molecular formula is C20H22N4O3S. The molecule has 4 rings (SSSR count). The number of fused-ring (bicyclic) bond motifs is 1. The topological polar surface area (TPSA) is 92.3 Å². The van der Waals surface area contributed by atoms with Crippen molar-refractivity contribution >= 4 is 34.2 Å². The Kier molecular flexibility index (Phi) is 4.97. The Morgan fingerprint density at radius 3 is 2.61 bits per heavy atom. The Hall–Kier alpha value is -2.61. The molecule has 1 saturated carbocycles. The number of benzene rings is 1. The molecule has 2 aliphatic rings. The van der Waals surface area contributed by atoms with Gasteiger partial charge in [0.05, 0.1) is 11.1 Å². The molecule has 0 atom stereocenters. The zero-order valence-corrected chi connectivity index (χ0v) is 16.7. The van der Waals surface area contributed by atoms with Gasteiger partial charge in [0.15, 0.2) is 0 Å². The molecular weight excluding hydrogens is 376 g/mol. The normalized spacial score (nSPS) is 16.9. The van der Waals surface area contributed by atoms with Crippen molar-refractivity contribution in [2.24, 2.45) is 5.92 Å². The minimum absolute atomic E-state index is 0.0227. The fourth-order valence-electron chi connectivity index (χ4n) is 3.80. The first kappa shape index (κ1) is 18.7. The molecule has 1 N–H and O–H groups in total. The first-order chi connectivity index (χ1) is 13.4. The second kappa shape index (κ2) is 7.43. The Labute approximate surface area is 167 Å². The van der Waals surface area contributed by atoms with E-state index >= 15 is 0 Å². The van der Waals surface area contributed by atoms with Gasteiger partial charge in [-0.25, -0.2) is 0 Å². The summed E-state index contributed by atoms with van der Waals surface area (Å²) in [7, 11) is 0. The van der Waals surface area contributed by atoms with Crippen LogP contribution >= 0.6 is 11.3 Å². The van der Waals surface area contributed by atoms with Crippen LogP contribution in [0.4, 0.5) is 5.13 Å². The van der Waals surface area contributed by atoms with Crippen molar-refractivity contribution in [1.82, 2.24) is 15.1 Å². The summed E-state index contributed by atoms with van der Waals surface area (Å²) < 4.78 is 0. The van der Waals surface area contributed by atoms with Gasteiger partial charge in [-0.1, -0.05) is 38.0 Å². The number of aromatic nitrogens is 2. The molecule has 1 aliphatic carbocycles. The zero-order valence-electron chi connectivity index (χ0n) is 15.9. The first-order valence-electron chi connectivity index (χ1n) is 9.59. The monoisotopic (exact) mass is 398 g/mol. The van der Waals surface area contributed by atoms with Crippen molar-refractivity contribution in [3.8, 4) is 0 Å². The van der Waals surface area contributed by atoms with Crippen LogP contribution in [0.15, 0.2) is 18.2 Å². The van der Waals surface area contributed by atoms with Crippen molar-refractivity contribution in [2.45, 2.75) is 52.0 Å². The van der Waals surface area contributed by atoms with E-state index in [9.17, 15) is 14.4 Å². The summed E-state index contributed by atoms with van der Waals surface area (Å²) in [6.45, 7) is 4.19. The van der Waals surface area contributed by atoms with Crippen molar-refractivity contribution in [3.63, 3.8) is 0 Å².